The molecule has 1 heterocycles. The third-order valence-electron chi connectivity index (χ3n) is 3.76. The average Bonchev–Trinajstić information content (AvgIpc) is 3.18. The molecule has 0 radical (unpaired) electrons. The molecule has 0 aliphatic carbocycles. The van der Waals surface area contributed by atoms with Crippen molar-refractivity contribution in [2.75, 3.05) is 25.1 Å². The van der Waals surface area contributed by atoms with Crippen molar-refractivity contribution in [2.45, 2.75) is 19.3 Å². The molecule has 1 saturated heterocycles. The monoisotopic (exact) mass is 440 g/mol. The maximum Gasteiger partial charge on any atom is 0.186 e. The van der Waals surface area contributed by atoms with Crippen molar-refractivity contribution in [1.29, 1.82) is 10.8 Å². The summed E-state index contributed by atoms with van der Waals surface area (Å²) in [5.74, 6) is -0.442. The Morgan fingerprint density at radius 2 is 2.11 bits per heavy atom. The summed E-state index contributed by atoms with van der Waals surface area (Å²) in [7, 11) is 0. The summed E-state index contributed by atoms with van der Waals surface area (Å²) in [6.45, 7) is 3.29. The van der Waals surface area contributed by atoms with Crippen LogP contribution in [0.1, 0.15) is 18.8 Å². The van der Waals surface area contributed by atoms with E-state index >= 15 is 0 Å². The molecule has 1 aliphatic heterocycles. The predicted octanol–water partition coefficient (Wildman–Crippen LogP) is 3.04. The van der Waals surface area contributed by atoms with E-state index in [2.05, 4.69) is 26.6 Å². The summed E-state index contributed by atoms with van der Waals surface area (Å²) in [6, 6.07) is 4.08. The lowest BCUT2D eigenvalue weighted by Gasteiger charge is -2.22. The van der Waals surface area contributed by atoms with Crippen LogP contribution in [0.2, 0.25) is 0 Å². The summed E-state index contributed by atoms with van der Waals surface area (Å²) in [5, 5.41) is 31.7. The highest BCUT2D eigenvalue weighted by Crippen LogP contribution is 2.32. The van der Waals surface area contributed by atoms with Gasteiger partial charge in [0.05, 0.1) is 23.5 Å². The van der Waals surface area contributed by atoms with E-state index in [0.29, 0.717) is 35.6 Å². The molecule has 5 N–H and O–H groups in total. The number of anilines is 1. The molecular formula is C18H22BrFN4O3. The van der Waals surface area contributed by atoms with E-state index in [-0.39, 0.29) is 11.3 Å². The molecular weight excluding hydrogens is 419 g/mol. The largest absolute Gasteiger partial charge is 0.382 e. The van der Waals surface area contributed by atoms with Gasteiger partial charge in [0, 0.05) is 35.8 Å². The van der Waals surface area contributed by atoms with Crippen molar-refractivity contribution >= 4 is 34.0 Å². The van der Waals surface area contributed by atoms with Crippen LogP contribution < -0.4 is 10.6 Å². The Morgan fingerprint density at radius 3 is 2.70 bits per heavy atom. The van der Waals surface area contributed by atoms with Crippen molar-refractivity contribution in [3.8, 4) is 0 Å². The summed E-state index contributed by atoms with van der Waals surface area (Å²) in [5.41, 5.74) is 1.43. The molecule has 1 aliphatic rings. The number of hydrogen-bond acceptors (Lipinski definition) is 7. The molecule has 1 aromatic rings. The molecule has 0 amide bonds. The second kappa shape index (κ2) is 10.3. The Bertz CT molecular complexity index is 748. The standard InChI is InChI=1S/C18H22BrFN4O3/c1-2-23-17(19)13(10-22)16(25)15(5-6-21)24-14-4-3-11(20)9-12(14)18-26-7-8-27-18/h3-6,9-10,16,18,21-25H,2,7-8H2,1H3/b15-5-,17-13+,21-6?,22-10?. The fourth-order valence-corrected chi connectivity index (χ4v) is 3.13. The maximum atomic E-state index is 13.7. The van der Waals surface area contributed by atoms with Crippen LogP contribution in [0.15, 0.2) is 40.2 Å². The zero-order valence-electron chi connectivity index (χ0n) is 14.8. The highest BCUT2D eigenvalue weighted by atomic mass is 79.9. The molecule has 2 rings (SSSR count). The van der Waals surface area contributed by atoms with Crippen LogP contribution in [0.3, 0.4) is 0 Å². The Kier molecular flexibility index (Phi) is 8.11. The normalized spacial score (nSPS) is 17.3. The summed E-state index contributed by atoms with van der Waals surface area (Å²) < 4.78 is 25.1. The fourth-order valence-electron chi connectivity index (χ4n) is 2.51. The summed E-state index contributed by atoms with van der Waals surface area (Å²) in [4.78, 5) is 0. The highest BCUT2D eigenvalue weighted by Gasteiger charge is 2.24. The fraction of sp³-hybridized carbons (Fsp3) is 0.333. The Hall–Kier alpha value is -2.07. The number of benzene rings is 1. The molecule has 1 atom stereocenters. The van der Waals surface area contributed by atoms with E-state index in [4.69, 9.17) is 20.3 Å². The van der Waals surface area contributed by atoms with E-state index in [9.17, 15) is 9.50 Å². The van der Waals surface area contributed by atoms with Gasteiger partial charge < -0.3 is 36.0 Å². The van der Waals surface area contributed by atoms with E-state index in [1.165, 1.54) is 24.3 Å². The van der Waals surface area contributed by atoms with Gasteiger partial charge in [-0.05, 0) is 47.1 Å². The lowest BCUT2D eigenvalue weighted by atomic mass is 10.1. The van der Waals surface area contributed by atoms with Crippen LogP contribution in [0.4, 0.5) is 10.1 Å². The minimum absolute atomic E-state index is 0.240. The third kappa shape index (κ3) is 5.46. The highest BCUT2D eigenvalue weighted by molar-refractivity contribution is 9.11. The van der Waals surface area contributed by atoms with E-state index in [1.807, 2.05) is 6.92 Å². The van der Waals surface area contributed by atoms with Crippen LogP contribution in [0.25, 0.3) is 0 Å². The van der Waals surface area contributed by atoms with Gasteiger partial charge in [-0.2, -0.15) is 0 Å². The number of aliphatic hydroxyl groups is 1. The van der Waals surface area contributed by atoms with Crippen molar-refractivity contribution in [2.24, 2.45) is 0 Å². The molecule has 27 heavy (non-hydrogen) atoms. The summed E-state index contributed by atoms with van der Waals surface area (Å²) >= 11 is 3.30. The molecule has 9 heteroatoms. The number of aliphatic hydroxyl groups excluding tert-OH is 1. The van der Waals surface area contributed by atoms with Gasteiger partial charge in [-0.25, -0.2) is 4.39 Å². The Morgan fingerprint density at radius 1 is 1.41 bits per heavy atom. The van der Waals surface area contributed by atoms with Crippen molar-refractivity contribution in [1.82, 2.24) is 5.32 Å². The maximum absolute atomic E-state index is 13.7. The van der Waals surface area contributed by atoms with Crippen LogP contribution in [-0.2, 0) is 9.47 Å². The van der Waals surface area contributed by atoms with Gasteiger partial charge in [-0.15, -0.1) is 0 Å². The Labute approximate surface area is 165 Å². The van der Waals surface area contributed by atoms with Crippen molar-refractivity contribution in [3.05, 3.63) is 51.5 Å². The van der Waals surface area contributed by atoms with Crippen molar-refractivity contribution < 1.29 is 19.0 Å². The van der Waals surface area contributed by atoms with Gasteiger partial charge in [0.1, 0.15) is 11.9 Å². The SMILES string of the molecule is CCN/C(Br)=C(\C=N)C(O)/C(=C/C=N)Nc1ccc(F)cc1C1OCCO1. The number of rotatable bonds is 9. The third-order valence-corrected chi connectivity index (χ3v) is 4.50. The molecule has 0 saturated carbocycles. The quantitative estimate of drug-likeness (QED) is 0.299. The first-order valence-electron chi connectivity index (χ1n) is 8.34. The smallest absolute Gasteiger partial charge is 0.186 e. The zero-order valence-corrected chi connectivity index (χ0v) is 16.3. The molecule has 0 aromatic heterocycles. The number of nitrogens with one attached hydrogen (secondary N) is 4. The van der Waals surface area contributed by atoms with Crippen LogP contribution in [0.5, 0.6) is 0 Å². The second-order valence-electron chi connectivity index (χ2n) is 5.57. The summed E-state index contributed by atoms with van der Waals surface area (Å²) in [6.07, 6.45) is 1.46. The van der Waals surface area contributed by atoms with Gasteiger partial charge in [-0.3, -0.25) is 0 Å². The molecule has 0 spiro atoms. The molecule has 7 nitrogen and oxygen atoms in total. The number of halogens is 2. The topological polar surface area (TPSA) is 110 Å². The lowest BCUT2D eigenvalue weighted by Crippen LogP contribution is -2.25. The lowest BCUT2D eigenvalue weighted by molar-refractivity contribution is -0.0437. The number of ether oxygens (including phenoxy) is 2. The van der Waals surface area contributed by atoms with Gasteiger partial charge in [0.25, 0.3) is 0 Å². The average molecular weight is 441 g/mol. The molecule has 146 valence electrons. The van der Waals surface area contributed by atoms with Crippen LogP contribution >= 0.6 is 15.9 Å². The van der Waals surface area contributed by atoms with Gasteiger partial charge in [0.15, 0.2) is 6.29 Å². The minimum atomic E-state index is -1.22. The zero-order chi connectivity index (χ0) is 19.8. The molecule has 1 aromatic carbocycles. The van der Waals surface area contributed by atoms with Crippen LogP contribution in [-0.4, -0.2) is 43.4 Å². The molecule has 0 bridgehead atoms. The van der Waals surface area contributed by atoms with E-state index < -0.39 is 18.2 Å². The first kappa shape index (κ1) is 21.2. The number of allylic oxidation sites excluding steroid dienone is 1. The first-order chi connectivity index (χ1) is 13.0. The van der Waals surface area contributed by atoms with Gasteiger partial charge in [-0.1, -0.05) is 0 Å². The number of hydrogen-bond donors (Lipinski definition) is 5. The minimum Gasteiger partial charge on any atom is -0.382 e. The Balaban J connectivity index is 2.37. The van der Waals surface area contributed by atoms with E-state index in [0.717, 1.165) is 12.4 Å². The van der Waals surface area contributed by atoms with Crippen molar-refractivity contribution in [3.63, 3.8) is 0 Å². The van der Waals surface area contributed by atoms with Crippen LogP contribution in [0, 0.1) is 16.6 Å². The first-order valence-corrected chi connectivity index (χ1v) is 9.13. The van der Waals surface area contributed by atoms with Gasteiger partial charge in [0.2, 0.25) is 0 Å². The van der Waals surface area contributed by atoms with Gasteiger partial charge >= 0.3 is 0 Å². The van der Waals surface area contributed by atoms with E-state index in [1.54, 1.807) is 0 Å². The molecule has 1 fully saturated rings. The predicted molar refractivity (Wildman–Crippen MR) is 106 cm³/mol. The second-order valence-corrected chi connectivity index (χ2v) is 6.36. The molecule has 1 unspecified atom stereocenters.